The number of hydrogen-bond donors (Lipinski definition) is 2. The first-order valence-electron chi connectivity index (χ1n) is 5.98. The summed E-state index contributed by atoms with van der Waals surface area (Å²) < 4.78 is 0. The second-order valence-electron chi connectivity index (χ2n) is 4.73. The van der Waals surface area contributed by atoms with Gasteiger partial charge in [0, 0.05) is 32.2 Å². The minimum Gasteiger partial charge on any atom is -0.370 e. The van der Waals surface area contributed by atoms with Crippen LogP contribution in [0.4, 0.5) is 0 Å². The van der Waals surface area contributed by atoms with Gasteiger partial charge in [0.15, 0.2) is 0 Å². The highest BCUT2D eigenvalue weighted by molar-refractivity contribution is 5.87. The molecule has 114 valence electrons. The molecule has 0 aromatic carbocycles. The highest BCUT2D eigenvalue weighted by atomic mass is 35.5. The number of rotatable bonds is 4. The SMILES string of the molecule is CC(C)N1CCN(C(=O)C(N)CC(N)=O)CC1.Cl.Cl. The van der Waals surface area contributed by atoms with Crippen molar-refractivity contribution in [2.24, 2.45) is 11.5 Å². The van der Waals surface area contributed by atoms with Crippen LogP contribution < -0.4 is 11.5 Å². The summed E-state index contributed by atoms with van der Waals surface area (Å²) in [4.78, 5) is 26.6. The first-order valence-corrected chi connectivity index (χ1v) is 5.98. The largest absolute Gasteiger partial charge is 0.370 e. The fourth-order valence-electron chi connectivity index (χ4n) is 2.00. The highest BCUT2D eigenvalue weighted by Gasteiger charge is 2.26. The molecule has 0 radical (unpaired) electrons. The minimum absolute atomic E-state index is 0. The molecule has 19 heavy (non-hydrogen) atoms. The lowest BCUT2D eigenvalue weighted by molar-refractivity contribution is -0.136. The third kappa shape index (κ3) is 6.42. The standard InChI is InChI=1S/C11H22N4O2.2ClH/c1-8(2)14-3-5-15(6-4-14)11(17)9(12)7-10(13)16;;/h8-9H,3-7,12H2,1-2H3,(H2,13,16);2*1H. The second-order valence-corrected chi connectivity index (χ2v) is 4.73. The summed E-state index contributed by atoms with van der Waals surface area (Å²) in [5.74, 6) is -0.709. The topological polar surface area (TPSA) is 92.7 Å². The van der Waals surface area contributed by atoms with Gasteiger partial charge in [0.1, 0.15) is 0 Å². The number of nitrogens with zero attached hydrogens (tertiary/aromatic N) is 2. The van der Waals surface area contributed by atoms with E-state index in [1.807, 2.05) is 0 Å². The zero-order valence-corrected chi connectivity index (χ0v) is 13.0. The van der Waals surface area contributed by atoms with Gasteiger partial charge in [-0.25, -0.2) is 0 Å². The van der Waals surface area contributed by atoms with Crippen molar-refractivity contribution in [3.8, 4) is 0 Å². The lowest BCUT2D eigenvalue weighted by Gasteiger charge is -2.37. The number of nitrogens with two attached hydrogens (primary N) is 2. The van der Waals surface area contributed by atoms with Crippen molar-refractivity contribution in [1.82, 2.24) is 9.80 Å². The molecule has 0 spiro atoms. The summed E-state index contributed by atoms with van der Waals surface area (Å²) >= 11 is 0. The summed E-state index contributed by atoms with van der Waals surface area (Å²) in [5, 5.41) is 0. The van der Waals surface area contributed by atoms with E-state index in [-0.39, 0.29) is 37.1 Å². The van der Waals surface area contributed by atoms with Crippen LogP contribution in [0.3, 0.4) is 0 Å². The Kier molecular flexibility index (Phi) is 10.2. The molecule has 8 heteroatoms. The van der Waals surface area contributed by atoms with Crippen LogP contribution in [0.25, 0.3) is 0 Å². The van der Waals surface area contributed by atoms with Crippen molar-refractivity contribution >= 4 is 36.6 Å². The molecule has 0 bridgehead atoms. The molecular formula is C11H24Cl2N4O2. The van der Waals surface area contributed by atoms with Gasteiger partial charge in [0.25, 0.3) is 0 Å². The van der Waals surface area contributed by atoms with E-state index >= 15 is 0 Å². The lowest BCUT2D eigenvalue weighted by atomic mass is 10.1. The predicted molar refractivity (Wildman–Crippen MR) is 79.6 cm³/mol. The molecule has 0 saturated carbocycles. The van der Waals surface area contributed by atoms with Crippen LogP contribution in [-0.4, -0.2) is 59.9 Å². The smallest absolute Gasteiger partial charge is 0.240 e. The van der Waals surface area contributed by atoms with Gasteiger partial charge in [0.05, 0.1) is 12.5 Å². The maximum absolute atomic E-state index is 11.9. The Morgan fingerprint density at radius 3 is 1.95 bits per heavy atom. The Morgan fingerprint density at radius 1 is 1.11 bits per heavy atom. The van der Waals surface area contributed by atoms with E-state index in [4.69, 9.17) is 11.5 Å². The lowest BCUT2D eigenvalue weighted by Crippen LogP contribution is -2.54. The van der Waals surface area contributed by atoms with Crippen molar-refractivity contribution < 1.29 is 9.59 Å². The number of piperazine rings is 1. The van der Waals surface area contributed by atoms with Gasteiger partial charge in [-0.1, -0.05) is 0 Å². The van der Waals surface area contributed by atoms with Gasteiger partial charge in [-0.15, -0.1) is 24.8 Å². The van der Waals surface area contributed by atoms with Gasteiger partial charge in [0.2, 0.25) is 11.8 Å². The van der Waals surface area contributed by atoms with Crippen LogP contribution >= 0.6 is 24.8 Å². The molecular weight excluding hydrogens is 291 g/mol. The maximum atomic E-state index is 11.9. The Balaban J connectivity index is 0. The van der Waals surface area contributed by atoms with Crippen LogP contribution in [-0.2, 0) is 9.59 Å². The quantitative estimate of drug-likeness (QED) is 0.737. The minimum atomic E-state index is -0.793. The Bertz CT molecular complexity index is 294. The number of hydrogen-bond acceptors (Lipinski definition) is 4. The molecule has 1 rings (SSSR count). The highest BCUT2D eigenvalue weighted by Crippen LogP contribution is 2.07. The molecule has 1 aliphatic rings. The molecule has 1 unspecified atom stereocenters. The fraction of sp³-hybridized carbons (Fsp3) is 0.818. The molecule has 1 heterocycles. The molecule has 1 aliphatic heterocycles. The molecule has 1 fully saturated rings. The Hall–Kier alpha value is -0.560. The first-order chi connectivity index (χ1) is 7.91. The van der Waals surface area contributed by atoms with E-state index in [1.54, 1.807) is 4.90 Å². The number of carbonyl (C=O) groups is 2. The Labute approximate surface area is 126 Å². The first kappa shape index (κ1) is 20.8. The maximum Gasteiger partial charge on any atom is 0.240 e. The van der Waals surface area contributed by atoms with Gasteiger partial charge in [-0.05, 0) is 13.8 Å². The molecule has 1 saturated heterocycles. The average molecular weight is 315 g/mol. The third-order valence-corrected chi connectivity index (χ3v) is 3.09. The van der Waals surface area contributed by atoms with Crippen LogP contribution in [0.5, 0.6) is 0 Å². The van der Waals surface area contributed by atoms with E-state index in [9.17, 15) is 9.59 Å². The Morgan fingerprint density at radius 2 is 1.58 bits per heavy atom. The van der Waals surface area contributed by atoms with Crippen LogP contribution in [0.1, 0.15) is 20.3 Å². The molecule has 2 amide bonds. The normalized spacial score (nSPS) is 17.4. The number of amides is 2. The predicted octanol–water partition coefficient (Wildman–Crippen LogP) is -0.415. The van der Waals surface area contributed by atoms with E-state index < -0.39 is 11.9 Å². The van der Waals surface area contributed by atoms with Crippen molar-refractivity contribution in [3.63, 3.8) is 0 Å². The average Bonchev–Trinajstić information content (AvgIpc) is 2.27. The molecule has 1 atom stereocenters. The second kappa shape index (κ2) is 9.36. The third-order valence-electron chi connectivity index (χ3n) is 3.09. The fourth-order valence-corrected chi connectivity index (χ4v) is 2.00. The summed E-state index contributed by atoms with van der Waals surface area (Å²) in [6.45, 7) is 7.32. The van der Waals surface area contributed by atoms with Crippen LogP contribution in [0.2, 0.25) is 0 Å². The number of carbonyl (C=O) groups excluding carboxylic acids is 2. The summed E-state index contributed by atoms with van der Waals surface area (Å²) in [6.07, 6.45) is -0.0801. The number of halogens is 2. The van der Waals surface area contributed by atoms with Crippen molar-refractivity contribution in [1.29, 1.82) is 0 Å². The summed E-state index contributed by atoms with van der Waals surface area (Å²) in [5.41, 5.74) is 10.7. The number of primary amides is 1. The summed E-state index contributed by atoms with van der Waals surface area (Å²) in [7, 11) is 0. The van der Waals surface area contributed by atoms with Crippen molar-refractivity contribution in [2.45, 2.75) is 32.4 Å². The van der Waals surface area contributed by atoms with E-state index in [0.29, 0.717) is 19.1 Å². The van der Waals surface area contributed by atoms with E-state index in [2.05, 4.69) is 18.7 Å². The van der Waals surface area contributed by atoms with Gasteiger partial charge >= 0.3 is 0 Å². The van der Waals surface area contributed by atoms with E-state index in [0.717, 1.165) is 13.1 Å². The molecule has 0 aromatic rings. The molecule has 6 nitrogen and oxygen atoms in total. The van der Waals surface area contributed by atoms with Crippen molar-refractivity contribution in [3.05, 3.63) is 0 Å². The van der Waals surface area contributed by atoms with E-state index in [1.165, 1.54) is 0 Å². The van der Waals surface area contributed by atoms with Crippen LogP contribution in [0, 0.1) is 0 Å². The van der Waals surface area contributed by atoms with Gasteiger partial charge in [-0.2, -0.15) is 0 Å². The molecule has 0 aliphatic carbocycles. The zero-order valence-electron chi connectivity index (χ0n) is 11.4. The van der Waals surface area contributed by atoms with Gasteiger partial charge < -0.3 is 16.4 Å². The van der Waals surface area contributed by atoms with Crippen molar-refractivity contribution in [2.75, 3.05) is 26.2 Å². The van der Waals surface area contributed by atoms with Gasteiger partial charge in [-0.3, -0.25) is 14.5 Å². The molecule has 4 N–H and O–H groups in total. The summed E-state index contributed by atoms with van der Waals surface area (Å²) in [6, 6.07) is -0.301. The molecule has 0 aromatic heterocycles. The monoisotopic (exact) mass is 314 g/mol. The van der Waals surface area contributed by atoms with Crippen LogP contribution in [0.15, 0.2) is 0 Å². The zero-order chi connectivity index (χ0) is 13.0.